The van der Waals surface area contributed by atoms with Gasteiger partial charge < -0.3 is 19.1 Å². The van der Waals surface area contributed by atoms with E-state index in [1.54, 1.807) is 13.1 Å². The van der Waals surface area contributed by atoms with Crippen molar-refractivity contribution in [1.82, 2.24) is 20.0 Å². The molecule has 0 aliphatic carbocycles. The van der Waals surface area contributed by atoms with Crippen LogP contribution in [0.1, 0.15) is 37.3 Å². The summed E-state index contributed by atoms with van der Waals surface area (Å²) >= 11 is 0. The average Bonchev–Trinajstić information content (AvgIpc) is 3.33. The van der Waals surface area contributed by atoms with Crippen LogP contribution in [-0.4, -0.2) is 58.7 Å². The zero-order chi connectivity index (χ0) is 18.1. The Bertz CT molecular complexity index is 792. The molecule has 4 rings (SSSR count). The third kappa shape index (κ3) is 3.29. The van der Waals surface area contributed by atoms with Gasteiger partial charge in [-0.25, -0.2) is 9.97 Å². The molecule has 0 bridgehead atoms. The van der Waals surface area contributed by atoms with E-state index in [0.29, 0.717) is 24.8 Å². The van der Waals surface area contributed by atoms with Crippen molar-refractivity contribution in [3.05, 3.63) is 23.7 Å². The Kier molecular flexibility index (Phi) is 4.58. The van der Waals surface area contributed by atoms with Crippen LogP contribution in [0.2, 0.25) is 0 Å². The van der Waals surface area contributed by atoms with E-state index in [9.17, 15) is 4.79 Å². The minimum absolute atomic E-state index is 0.0457. The van der Waals surface area contributed by atoms with Gasteiger partial charge in [0.15, 0.2) is 5.76 Å². The van der Waals surface area contributed by atoms with E-state index in [1.165, 1.54) is 0 Å². The monoisotopic (exact) mass is 357 g/mol. The van der Waals surface area contributed by atoms with E-state index < -0.39 is 0 Å². The molecule has 2 aliphatic heterocycles. The van der Waals surface area contributed by atoms with Crippen LogP contribution in [0.4, 0.5) is 5.95 Å². The van der Waals surface area contributed by atoms with E-state index in [0.717, 1.165) is 49.5 Å². The van der Waals surface area contributed by atoms with Gasteiger partial charge in [0, 0.05) is 52.0 Å². The van der Waals surface area contributed by atoms with Crippen LogP contribution in [0.25, 0.3) is 11.3 Å². The molecule has 2 saturated heterocycles. The largest absolute Gasteiger partial charge is 0.372 e. The van der Waals surface area contributed by atoms with Crippen LogP contribution in [-0.2, 0) is 9.53 Å². The summed E-state index contributed by atoms with van der Waals surface area (Å²) in [6, 6.07) is 1.89. The molecule has 2 aliphatic rings. The molecule has 8 heteroatoms. The van der Waals surface area contributed by atoms with Gasteiger partial charge in [-0.05, 0) is 19.8 Å². The average molecular weight is 357 g/mol. The SMILES string of the molecule is CC(=O)N1CCN(c2ncc(-c3cc(C)no3)c([C@@H]3CCCO3)n2)CC1. The normalized spacial score (nSPS) is 20.6. The fourth-order valence-electron chi connectivity index (χ4n) is 3.48. The topological polar surface area (TPSA) is 84.6 Å². The minimum Gasteiger partial charge on any atom is -0.372 e. The molecule has 2 aromatic heterocycles. The zero-order valence-electron chi connectivity index (χ0n) is 15.1. The Morgan fingerprint density at radius 2 is 2.08 bits per heavy atom. The van der Waals surface area contributed by atoms with Gasteiger partial charge in [-0.2, -0.15) is 0 Å². The Hall–Kier alpha value is -2.48. The highest BCUT2D eigenvalue weighted by atomic mass is 16.5. The molecular weight excluding hydrogens is 334 g/mol. The van der Waals surface area contributed by atoms with Crippen molar-refractivity contribution in [3.8, 4) is 11.3 Å². The standard InChI is InChI=1S/C18H23N5O3/c1-12-10-16(26-21-12)14-11-19-18(20-17(14)15-4-3-9-25-15)23-7-5-22(6-8-23)13(2)24/h10-11,15H,3-9H2,1-2H3/t15-/m0/s1. The fraction of sp³-hybridized carbons (Fsp3) is 0.556. The van der Waals surface area contributed by atoms with Crippen molar-refractivity contribution in [2.75, 3.05) is 37.7 Å². The maximum atomic E-state index is 11.5. The summed E-state index contributed by atoms with van der Waals surface area (Å²) in [5.41, 5.74) is 2.52. The third-order valence-corrected chi connectivity index (χ3v) is 4.94. The number of nitrogens with zero attached hydrogens (tertiary/aromatic N) is 5. The van der Waals surface area contributed by atoms with Gasteiger partial charge in [0.25, 0.3) is 0 Å². The Balaban J connectivity index is 1.63. The first-order valence-corrected chi connectivity index (χ1v) is 9.04. The number of carbonyl (C=O) groups excluding carboxylic acids is 1. The summed E-state index contributed by atoms with van der Waals surface area (Å²) in [4.78, 5) is 24.9. The number of anilines is 1. The predicted molar refractivity (Wildman–Crippen MR) is 94.7 cm³/mol. The highest BCUT2D eigenvalue weighted by Crippen LogP contribution is 2.35. The first kappa shape index (κ1) is 17.0. The molecule has 26 heavy (non-hydrogen) atoms. The number of rotatable bonds is 3. The van der Waals surface area contributed by atoms with Gasteiger partial charge in [0.05, 0.1) is 17.0 Å². The number of hydrogen-bond donors (Lipinski definition) is 0. The van der Waals surface area contributed by atoms with Crippen LogP contribution in [0.15, 0.2) is 16.8 Å². The summed E-state index contributed by atoms with van der Waals surface area (Å²) in [7, 11) is 0. The van der Waals surface area contributed by atoms with Gasteiger partial charge in [-0.15, -0.1) is 0 Å². The Morgan fingerprint density at radius 1 is 1.27 bits per heavy atom. The molecular formula is C18H23N5O3. The van der Waals surface area contributed by atoms with Crippen LogP contribution in [0.3, 0.4) is 0 Å². The van der Waals surface area contributed by atoms with Crippen molar-refractivity contribution in [2.24, 2.45) is 0 Å². The van der Waals surface area contributed by atoms with Crippen molar-refractivity contribution in [1.29, 1.82) is 0 Å². The second-order valence-electron chi connectivity index (χ2n) is 6.80. The van der Waals surface area contributed by atoms with Crippen molar-refractivity contribution >= 4 is 11.9 Å². The third-order valence-electron chi connectivity index (χ3n) is 4.94. The molecule has 4 heterocycles. The lowest BCUT2D eigenvalue weighted by molar-refractivity contribution is -0.129. The molecule has 138 valence electrons. The van der Waals surface area contributed by atoms with Crippen molar-refractivity contribution in [2.45, 2.75) is 32.8 Å². The highest BCUT2D eigenvalue weighted by Gasteiger charge is 2.27. The van der Waals surface area contributed by atoms with Crippen LogP contribution in [0.5, 0.6) is 0 Å². The molecule has 2 aromatic rings. The number of piperazine rings is 1. The van der Waals surface area contributed by atoms with Gasteiger partial charge in [-0.1, -0.05) is 5.16 Å². The first-order chi connectivity index (χ1) is 12.6. The lowest BCUT2D eigenvalue weighted by Gasteiger charge is -2.34. The first-order valence-electron chi connectivity index (χ1n) is 9.04. The molecule has 0 spiro atoms. The maximum Gasteiger partial charge on any atom is 0.225 e. The van der Waals surface area contributed by atoms with E-state index >= 15 is 0 Å². The number of hydrogen-bond acceptors (Lipinski definition) is 7. The van der Waals surface area contributed by atoms with Crippen LogP contribution < -0.4 is 4.90 Å². The zero-order valence-corrected chi connectivity index (χ0v) is 15.1. The molecule has 0 N–H and O–H groups in total. The molecule has 0 unspecified atom stereocenters. The quantitative estimate of drug-likeness (QED) is 0.830. The number of amides is 1. The molecule has 1 amide bonds. The number of aryl methyl sites for hydroxylation is 1. The molecule has 0 saturated carbocycles. The fourth-order valence-corrected chi connectivity index (χ4v) is 3.48. The van der Waals surface area contributed by atoms with E-state index in [2.05, 4.69) is 15.0 Å². The number of ether oxygens (including phenoxy) is 1. The van der Waals surface area contributed by atoms with Crippen LogP contribution in [0, 0.1) is 6.92 Å². The highest BCUT2D eigenvalue weighted by molar-refractivity contribution is 5.73. The Labute approximate surface area is 152 Å². The molecule has 8 nitrogen and oxygen atoms in total. The van der Waals surface area contributed by atoms with Gasteiger partial charge >= 0.3 is 0 Å². The summed E-state index contributed by atoms with van der Waals surface area (Å²) < 4.78 is 11.3. The smallest absolute Gasteiger partial charge is 0.225 e. The second-order valence-corrected chi connectivity index (χ2v) is 6.80. The summed E-state index contributed by atoms with van der Waals surface area (Å²) in [5.74, 6) is 1.46. The molecule has 2 fully saturated rings. The maximum absolute atomic E-state index is 11.5. The minimum atomic E-state index is -0.0457. The second kappa shape index (κ2) is 7.03. The van der Waals surface area contributed by atoms with Crippen LogP contribution >= 0.6 is 0 Å². The van der Waals surface area contributed by atoms with Crippen molar-refractivity contribution < 1.29 is 14.1 Å². The van der Waals surface area contributed by atoms with Gasteiger partial charge in [0.2, 0.25) is 11.9 Å². The lowest BCUT2D eigenvalue weighted by atomic mass is 10.1. The van der Waals surface area contributed by atoms with E-state index in [4.69, 9.17) is 14.2 Å². The predicted octanol–water partition coefficient (Wildman–Crippen LogP) is 1.96. The van der Waals surface area contributed by atoms with E-state index in [1.807, 2.05) is 17.9 Å². The van der Waals surface area contributed by atoms with Gasteiger partial charge in [0.1, 0.15) is 6.10 Å². The van der Waals surface area contributed by atoms with Crippen molar-refractivity contribution in [3.63, 3.8) is 0 Å². The number of aromatic nitrogens is 3. The molecule has 0 aromatic carbocycles. The Morgan fingerprint density at radius 3 is 2.69 bits per heavy atom. The van der Waals surface area contributed by atoms with E-state index in [-0.39, 0.29) is 12.0 Å². The van der Waals surface area contributed by atoms with Gasteiger partial charge in [-0.3, -0.25) is 4.79 Å². The molecule has 0 radical (unpaired) electrons. The molecule has 1 atom stereocenters. The number of carbonyl (C=O) groups is 1. The summed E-state index contributed by atoms with van der Waals surface area (Å²) in [5, 5.41) is 3.98. The summed E-state index contributed by atoms with van der Waals surface area (Å²) in [6.45, 7) is 7.08. The lowest BCUT2D eigenvalue weighted by Crippen LogP contribution is -2.48. The summed E-state index contributed by atoms with van der Waals surface area (Å²) in [6.07, 6.45) is 3.72.